The molecule has 0 spiro atoms. The van der Waals surface area contributed by atoms with Crippen LogP contribution in [0.1, 0.15) is 56.5 Å². The molecular weight excluding hydrogens is 384 g/mol. The van der Waals surface area contributed by atoms with E-state index in [9.17, 15) is 4.79 Å². The first-order chi connectivity index (χ1) is 13.6. The Balaban J connectivity index is 1.73. The van der Waals surface area contributed by atoms with Gasteiger partial charge in [0.2, 0.25) is 0 Å². The summed E-state index contributed by atoms with van der Waals surface area (Å²) in [6.07, 6.45) is 3.90. The van der Waals surface area contributed by atoms with Crippen LogP contribution in [0.25, 0.3) is 0 Å². The van der Waals surface area contributed by atoms with Gasteiger partial charge in [-0.3, -0.25) is 4.79 Å². The predicted molar refractivity (Wildman–Crippen MR) is 119 cm³/mol. The number of anilines is 1. The summed E-state index contributed by atoms with van der Waals surface area (Å²) < 4.78 is 0. The Bertz CT molecular complexity index is 925. The number of nitrogens with one attached hydrogen (secondary N) is 2. The van der Waals surface area contributed by atoms with E-state index < -0.39 is 0 Å². The predicted octanol–water partition coefficient (Wildman–Crippen LogP) is 4.84. The van der Waals surface area contributed by atoms with Crippen molar-refractivity contribution < 1.29 is 9.69 Å². The lowest BCUT2D eigenvalue weighted by Crippen LogP contribution is -3.13. The zero-order valence-electron chi connectivity index (χ0n) is 16.5. The van der Waals surface area contributed by atoms with E-state index in [1.807, 2.05) is 41.7 Å². The van der Waals surface area contributed by atoms with E-state index in [1.165, 1.54) is 53.2 Å². The molecule has 1 aliphatic rings. The molecule has 4 rings (SSSR count). The molecule has 3 nitrogen and oxygen atoms in total. The van der Waals surface area contributed by atoms with Crippen molar-refractivity contribution in [2.75, 3.05) is 18.4 Å². The van der Waals surface area contributed by atoms with Gasteiger partial charge in [0, 0.05) is 10.4 Å². The fourth-order valence-corrected chi connectivity index (χ4v) is 6.13. The molecule has 0 bridgehead atoms. The van der Waals surface area contributed by atoms with Crippen LogP contribution in [0, 0.1) is 13.8 Å². The van der Waals surface area contributed by atoms with Gasteiger partial charge in [-0.05, 0) is 62.3 Å². The fourth-order valence-electron chi connectivity index (χ4n) is 4.15. The number of likely N-dealkylation sites (tertiary alicyclic amines) is 1. The topological polar surface area (TPSA) is 33.5 Å². The molecule has 3 heterocycles. The zero-order chi connectivity index (χ0) is 19.5. The lowest BCUT2D eigenvalue weighted by Gasteiger charge is -2.32. The average Bonchev–Trinajstić information content (AvgIpc) is 3.34. The normalized spacial score (nSPS) is 16.1. The van der Waals surface area contributed by atoms with Gasteiger partial charge in [0.25, 0.3) is 5.91 Å². The minimum absolute atomic E-state index is 0.0262. The van der Waals surface area contributed by atoms with Crippen molar-refractivity contribution in [3.05, 3.63) is 74.3 Å². The summed E-state index contributed by atoms with van der Waals surface area (Å²) in [6, 6.07) is 14.2. The molecule has 28 heavy (non-hydrogen) atoms. The molecule has 1 amide bonds. The number of hydrogen-bond acceptors (Lipinski definition) is 3. The second kappa shape index (κ2) is 8.60. The van der Waals surface area contributed by atoms with Gasteiger partial charge in [-0.2, -0.15) is 0 Å². The summed E-state index contributed by atoms with van der Waals surface area (Å²) >= 11 is 3.55. The molecular formula is C23H27N2OS2+. The van der Waals surface area contributed by atoms with Crippen LogP contribution in [-0.2, 0) is 0 Å². The van der Waals surface area contributed by atoms with Crippen LogP contribution in [0.2, 0.25) is 0 Å². The number of hydrogen-bond donors (Lipinski definition) is 2. The highest BCUT2D eigenvalue weighted by atomic mass is 32.1. The molecule has 0 unspecified atom stereocenters. The highest BCUT2D eigenvalue weighted by Crippen LogP contribution is 2.39. The number of thiophene rings is 2. The fraction of sp³-hybridized carbons (Fsp3) is 0.348. The molecule has 0 radical (unpaired) electrons. The lowest BCUT2D eigenvalue weighted by atomic mass is 9.98. The van der Waals surface area contributed by atoms with E-state index >= 15 is 0 Å². The summed E-state index contributed by atoms with van der Waals surface area (Å²) in [6.45, 7) is 6.77. The number of quaternary nitrogens is 1. The zero-order valence-corrected chi connectivity index (χ0v) is 18.1. The maximum atomic E-state index is 12.9. The SMILES string of the molecule is Cc1sc(NC(=O)c2ccccc2)c([C@@H](c2cccs2)[NH+]2CCCCC2)c1C. The Labute approximate surface area is 175 Å². The van der Waals surface area contributed by atoms with Crippen LogP contribution in [0.3, 0.4) is 0 Å². The maximum Gasteiger partial charge on any atom is 0.256 e. The van der Waals surface area contributed by atoms with Crippen molar-refractivity contribution >= 4 is 33.6 Å². The minimum atomic E-state index is -0.0262. The van der Waals surface area contributed by atoms with Gasteiger partial charge in [0.05, 0.1) is 23.5 Å². The third kappa shape index (κ3) is 3.93. The van der Waals surface area contributed by atoms with Gasteiger partial charge in [0.1, 0.15) is 5.00 Å². The lowest BCUT2D eigenvalue weighted by molar-refractivity contribution is -0.929. The Morgan fingerprint density at radius 3 is 2.46 bits per heavy atom. The van der Waals surface area contributed by atoms with Crippen LogP contribution >= 0.6 is 22.7 Å². The number of amides is 1. The summed E-state index contributed by atoms with van der Waals surface area (Å²) in [5, 5.41) is 6.42. The molecule has 5 heteroatoms. The molecule has 2 N–H and O–H groups in total. The molecule has 0 aliphatic carbocycles. The van der Waals surface area contributed by atoms with Crippen LogP contribution in [0.5, 0.6) is 0 Å². The molecule has 3 aromatic rings. The quantitative estimate of drug-likeness (QED) is 0.619. The van der Waals surface area contributed by atoms with E-state index in [0.29, 0.717) is 11.6 Å². The number of piperidine rings is 1. The molecule has 1 saturated heterocycles. The van der Waals surface area contributed by atoms with Crippen molar-refractivity contribution in [1.29, 1.82) is 0 Å². The molecule has 1 aliphatic heterocycles. The van der Waals surface area contributed by atoms with Crippen molar-refractivity contribution in [2.24, 2.45) is 0 Å². The Morgan fingerprint density at radius 1 is 1.04 bits per heavy atom. The van der Waals surface area contributed by atoms with Gasteiger partial charge in [0.15, 0.2) is 6.04 Å². The maximum absolute atomic E-state index is 12.9. The summed E-state index contributed by atoms with van der Waals surface area (Å²) in [7, 11) is 0. The third-order valence-electron chi connectivity index (χ3n) is 5.72. The number of carbonyl (C=O) groups excluding carboxylic acids is 1. The van der Waals surface area contributed by atoms with Gasteiger partial charge in [-0.25, -0.2) is 0 Å². The van der Waals surface area contributed by atoms with Crippen LogP contribution in [-0.4, -0.2) is 19.0 Å². The van der Waals surface area contributed by atoms with Crippen LogP contribution in [0.4, 0.5) is 5.00 Å². The van der Waals surface area contributed by atoms with Crippen LogP contribution in [0.15, 0.2) is 47.8 Å². The monoisotopic (exact) mass is 411 g/mol. The summed E-state index contributed by atoms with van der Waals surface area (Å²) in [5.41, 5.74) is 3.34. The Hall–Kier alpha value is -1.95. The first-order valence-corrected chi connectivity index (χ1v) is 11.7. The molecule has 146 valence electrons. The standard InChI is InChI=1S/C23H26N2OS2/c1-16-17(2)28-23(24-22(26)18-10-5-3-6-11-18)20(16)21(19-12-9-15-27-19)25-13-7-4-8-14-25/h3,5-6,9-12,15,21H,4,7-8,13-14H2,1-2H3,(H,24,26)/p+1/t21-/m1/s1. The van der Waals surface area contributed by atoms with Gasteiger partial charge >= 0.3 is 0 Å². The second-order valence-electron chi connectivity index (χ2n) is 7.51. The van der Waals surface area contributed by atoms with E-state index in [1.54, 1.807) is 16.2 Å². The van der Waals surface area contributed by atoms with Gasteiger partial charge < -0.3 is 10.2 Å². The first-order valence-electron chi connectivity index (χ1n) is 9.99. The summed E-state index contributed by atoms with van der Waals surface area (Å²) in [5.74, 6) is -0.0262. The summed E-state index contributed by atoms with van der Waals surface area (Å²) in [4.78, 5) is 17.2. The molecule has 1 atom stereocenters. The smallest absolute Gasteiger partial charge is 0.256 e. The number of benzene rings is 1. The molecule has 2 aromatic heterocycles. The first kappa shape index (κ1) is 19.4. The van der Waals surface area contributed by atoms with Gasteiger partial charge in [-0.1, -0.05) is 24.3 Å². The van der Waals surface area contributed by atoms with Crippen molar-refractivity contribution in [2.45, 2.75) is 39.2 Å². The highest BCUT2D eigenvalue weighted by molar-refractivity contribution is 7.16. The number of carbonyl (C=O) groups is 1. The average molecular weight is 412 g/mol. The van der Waals surface area contributed by atoms with E-state index in [-0.39, 0.29) is 5.91 Å². The molecule has 0 saturated carbocycles. The van der Waals surface area contributed by atoms with E-state index in [4.69, 9.17) is 0 Å². The van der Waals surface area contributed by atoms with Crippen molar-refractivity contribution in [1.82, 2.24) is 0 Å². The van der Waals surface area contributed by atoms with Crippen molar-refractivity contribution in [3.8, 4) is 0 Å². The molecule has 1 fully saturated rings. The third-order valence-corrected chi connectivity index (χ3v) is 7.79. The number of aryl methyl sites for hydroxylation is 1. The van der Waals surface area contributed by atoms with E-state index in [0.717, 1.165) is 5.00 Å². The van der Waals surface area contributed by atoms with Crippen molar-refractivity contribution in [3.63, 3.8) is 0 Å². The highest BCUT2D eigenvalue weighted by Gasteiger charge is 2.34. The Kier molecular flexibility index (Phi) is 5.95. The number of rotatable bonds is 5. The Morgan fingerprint density at radius 2 is 1.79 bits per heavy atom. The van der Waals surface area contributed by atoms with Crippen LogP contribution < -0.4 is 10.2 Å². The van der Waals surface area contributed by atoms with E-state index in [2.05, 4.69) is 36.7 Å². The minimum Gasteiger partial charge on any atom is -0.324 e. The van der Waals surface area contributed by atoms with Gasteiger partial charge in [-0.15, -0.1) is 22.7 Å². The largest absolute Gasteiger partial charge is 0.324 e. The molecule has 1 aromatic carbocycles. The second-order valence-corrected chi connectivity index (χ2v) is 9.72.